The van der Waals surface area contributed by atoms with Crippen LogP contribution in [0.25, 0.3) is 0 Å². The van der Waals surface area contributed by atoms with Gasteiger partial charge in [0.1, 0.15) is 12.4 Å². The van der Waals surface area contributed by atoms with Crippen molar-refractivity contribution in [2.24, 2.45) is 0 Å². The van der Waals surface area contributed by atoms with Crippen molar-refractivity contribution in [2.75, 3.05) is 0 Å². The summed E-state index contributed by atoms with van der Waals surface area (Å²) in [5.41, 5.74) is 0.529. The Labute approximate surface area is 114 Å². The largest absolute Gasteiger partial charge is 0.486 e. The van der Waals surface area contributed by atoms with Crippen LogP contribution in [0.15, 0.2) is 35.1 Å². The minimum Gasteiger partial charge on any atom is -0.486 e. The van der Waals surface area contributed by atoms with Crippen molar-refractivity contribution < 1.29 is 9.13 Å². The number of benzene rings is 1. The molecule has 2 rings (SSSR count). The third-order valence-electron chi connectivity index (χ3n) is 2.47. The molecule has 3 nitrogen and oxygen atoms in total. The van der Waals surface area contributed by atoms with Crippen molar-refractivity contribution in [2.45, 2.75) is 26.5 Å². The normalized spacial score (nSPS) is 10.6. The van der Waals surface area contributed by atoms with Crippen LogP contribution in [0.2, 0.25) is 0 Å². The molecule has 0 N–H and O–H groups in total. The Morgan fingerprint density at radius 3 is 3.00 bits per heavy atom. The van der Waals surface area contributed by atoms with Gasteiger partial charge in [-0.1, -0.05) is 28.9 Å². The van der Waals surface area contributed by atoms with Crippen LogP contribution in [0, 0.1) is 5.82 Å². The molecule has 1 heterocycles. The van der Waals surface area contributed by atoms with Gasteiger partial charge in [0.05, 0.1) is 12.4 Å². The Morgan fingerprint density at radius 2 is 2.28 bits per heavy atom. The van der Waals surface area contributed by atoms with Crippen LogP contribution in [-0.4, -0.2) is 9.78 Å². The molecule has 18 heavy (non-hydrogen) atoms. The van der Waals surface area contributed by atoms with E-state index in [4.69, 9.17) is 4.74 Å². The summed E-state index contributed by atoms with van der Waals surface area (Å²) in [5, 5.41) is 4.15. The quantitative estimate of drug-likeness (QED) is 0.840. The van der Waals surface area contributed by atoms with Crippen molar-refractivity contribution in [3.05, 3.63) is 46.4 Å². The second kappa shape index (κ2) is 6.00. The maximum Gasteiger partial charge on any atom is 0.157 e. The number of hydrogen-bond acceptors (Lipinski definition) is 2. The summed E-state index contributed by atoms with van der Waals surface area (Å²) in [7, 11) is 0. The van der Waals surface area contributed by atoms with Gasteiger partial charge in [-0.3, -0.25) is 4.68 Å². The van der Waals surface area contributed by atoms with Crippen molar-refractivity contribution in [3.63, 3.8) is 0 Å². The lowest BCUT2D eigenvalue weighted by molar-refractivity contribution is 0.299. The molecule has 0 aliphatic carbocycles. The van der Waals surface area contributed by atoms with Gasteiger partial charge in [0, 0.05) is 16.6 Å². The van der Waals surface area contributed by atoms with Crippen LogP contribution in [-0.2, 0) is 13.2 Å². The van der Waals surface area contributed by atoms with E-state index in [1.165, 1.54) is 6.07 Å². The van der Waals surface area contributed by atoms with Gasteiger partial charge in [0.2, 0.25) is 0 Å². The molecule has 0 radical (unpaired) electrons. The van der Waals surface area contributed by atoms with Crippen molar-refractivity contribution in [1.29, 1.82) is 0 Å². The highest BCUT2D eigenvalue weighted by molar-refractivity contribution is 9.10. The maximum absolute atomic E-state index is 13.5. The highest BCUT2D eigenvalue weighted by atomic mass is 79.9. The first-order valence-corrected chi connectivity index (χ1v) is 6.57. The van der Waals surface area contributed by atoms with Gasteiger partial charge in [0.15, 0.2) is 5.75 Å². The van der Waals surface area contributed by atoms with Gasteiger partial charge in [-0.15, -0.1) is 0 Å². The highest BCUT2D eigenvalue weighted by Crippen LogP contribution is 2.17. The molecular weight excluding hydrogens is 299 g/mol. The van der Waals surface area contributed by atoms with Gasteiger partial charge < -0.3 is 4.74 Å². The number of nitrogens with zero attached hydrogens (tertiary/aromatic N) is 2. The van der Waals surface area contributed by atoms with Crippen LogP contribution in [0.5, 0.6) is 5.75 Å². The van der Waals surface area contributed by atoms with E-state index >= 15 is 0 Å². The number of hydrogen-bond donors (Lipinski definition) is 0. The predicted octanol–water partition coefficient (Wildman–Crippen LogP) is 3.77. The average Bonchev–Trinajstić information content (AvgIpc) is 2.76. The van der Waals surface area contributed by atoms with Crippen LogP contribution in [0.4, 0.5) is 4.39 Å². The summed E-state index contributed by atoms with van der Waals surface area (Å²) in [6, 6.07) is 4.93. The molecule has 0 aliphatic rings. The summed E-state index contributed by atoms with van der Waals surface area (Å²) >= 11 is 3.22. The molecule has 0 fully saturated rings. The number of rotatable bonds is 5. The molecule has 1 aromatic heterocycles. The molecule has 0 unspecified atom stereocenters. The first-order valence-electron chi connectivity index (χ1n) is 5.78. The zero-order valence-corrected chi connectivity index (χ0v) is 11.7. The van der Waals surface area contributed by atoms with Gasteiger partial charge in [0.25, 0.3) is 0 Å². The molecule has 0 saturated carbocycles. The van der Waals surface area contributed by atoms with E-state index in [1.54, 1.807) is 18.3 Å². The van der Waals surface area contributed by atoms with E-state index in [2.05, 4.69) is 28.0 Å². The molecule has 2 aromatic rings. The smallest absolute Gasteiger partial charge is 0.157 e. The third kappa shape index (κ3) is 3.32. The van der Waals surface area contributed by atoms with Gasteiger partial charge >= 0.3 is 0 Å². The fourth-order valence-corrected chi connectivity index (χ4v) is 1.90. The topological polar surface area (TPSA) is 27.1 Å². The summed E-state index contributed by atoms with van der Waals surface area (Å²) in [5.74, 6) is 0.385. The van der Waals surface area contributed by atoms with Crippen LogP contribution >= 0.6 is 15.9 Å². The summed E-state index contributed by atoms with van der Waals surface area (Å²) < 4.78 is 21.6. The zero-order chi connectivity index (χ0) is 13.0. The van der Waals surface area contributed by atoms with E-state index in [0.29, 0.717) is 11.3 Å². The molecular formula is C13H14BrFN2O. The number of ether oxygens (including phenoxy) is 1. The van der Waals surface area contributed by atoms with E-state index in [9.17, 15) is 4.39 Å². The fourth-order valence-electron chi connectivity index (χ4n) is 1.57. The highest BCUT2D eigenvalue weighted by Gasteiger charge is 2.05. The van der Waals surface area contributed by atoms with Crippen LogP contribution in [0.3, 0.4) is 0 Å². The van der Waals surface area contributed by atoms with Gasteiger partial charge in [-0.25, -0.2) is 4.39 Å². The molecule has 96 valence electrons. The first-order chi connectivity index (χ1) is 8.69. The Balaban J connectivity index is 1.97. The molecule has 0 bridgehead atoms. The average molecular weight is 313 g/mol. The SMILES string of the molecule is CCCn1cc(OCc2ccc(Br)cc2F)cn1. The molecule has 0 saturated heterocycles. The summed E-state index contributed by atoms with van der Waals surface area (Å²) in [6.45, 7) is 3.15. The lowest BCUT2D eigenvalue weighted by atomic mass is 10.2. The minimum atomic E-state index is -0.273. The Morgan fingerprint density at radius 1 is 1.44 bits per heavy atom. The predicted molar refractivity (Wildman–Crippen MR) is 71.0 cm³/mol. The first kappa shape index (κ1) is 13.1. The van der Waals surface area contributed by atoms with Crippen molar-refractivity contribution >= 4 is 15.9 Å². The lowest BCUT2D eigenvalue weighted by Gasteiger charge is -2.05. The molecule has 0 atom stereocenters. The summed E-state index contributed by atoms with van der Waals surface area (Å²) in [6.07, 6.45) is 4.48. The van der Waals surface area contributed by atoms with E-state index in [0.717, 1.165) is 17.4 Å². The molecule has 0 aliphatic heterocycles. The lowest BCUT2D eigenvalue weighted by Crippen LogP contribution is -1.98. The van der Waals surface area contributed by atoms with Crippen molar-refractivity contribution in [1.82, 2.24) is 9.78 Å². The Hall–Kier alpha value is -1.36. The molecule has 5 heteroatoms. The van der Waals surface area contributed by atoms with Gasteiger partial charge in [-0.2, -0.15) is 5.10 Å². The Bertz CT molecular complexity index is 527. The number of halogens is 2. The third-order valence-corrected chi connectivity index (χ3v) is 2.96. The summed E-state index contributed by atoms with van der Waals surface area (Å²) in [4.78, 5) is 0. The van der Waals surface area contributed by atoms with E-state index in [-0.39, 0.29) is 12.4 Å². The maximum atomic E-state index is 13.5. The van der Waals surface area contributed by atoms with E-state index < -0.39 is 0 Å². The fraction of sp³-hybridized carbons (Fsp3) is 0.308. The Kier molecular flexibility index (Phi) is 4.36. The monoisotopic (exact) mass is 312 g/mol. The van der Waals surface area contributed by atoms with Crippen LogP contribution in [0.1, 0.15) is 18.9 Å². The van der Waals surface area contributed by atoms with Gasteiger partial charge in [-0.05, 0) is 18.6 Å². The minimum absolute atomic E-state index is 0.205. The van der Waals surface area contributed by atoms with E-state index in [1.807, 2.05) is 10.9 Å². The molecule has 1 aromatic carbocycles. The number of aryl methyl sites for hydroxylation is 1. The zero-order valence-electron chi connectivity index (χ0n) is 10.1. The second-order valence-electron chi connectivity index (χ2n) is 3.96. The molecule has 0 amide bonds. The standard InChI is InChI=1S/C13H14BrFN2O/c1-2-5-17-8-12(7-16-17)18-9-10-3-4-11(14)6-13(10)15/h3-4,6-8H,2,5,9H2,1H3. The second-order valence-corrected chi connectivity index (χ2v) is 4.88. The van der Waals surface area contributed by atoms with Crippen molar-refractivity contribution in [3.8, 4) is 5.75 Å². The molecule has 0 spiro atoms. The van der Waals surface area contributed by atoms with Crippen LogP contribution < -0.4 is 4.74 Å². The number of aromatic nitrogens is 2.